The predicted molar refractivity (Wildman–Crippen MR) is 179 cm³/mol. The van der Waals surface area contributed by atoms with E-state index in [1.54, 1.807) is 84.0 Å². The van der Waals surface area contributed by atoms with Gasteiger partial charge in [0, 0.05) is 47.4 Å². The highest BCUT2D eigenvalue weighted by Crippen LogP contribution is 2.22. The zero-order valence-corrected chi connectivity index (χ0v) is 25.0. The Morgan fingerprint density at radius 2 is 1.52 bits per heavy atom. The van der Waals surface area contributed by atoms with Crippen LogP contribution in [-0.4, -0.2) is 46.9 Å². The van der Waals surface area contributed by atoms with Crippen LogP contribution in [0.3, 0.4) is 0 Å². The smallest absolute Gasteiger partial charge is 0.326 e. The molecule has 5 rings (SSSR count). The Morgan fingerprint density at radius 1 is 0.826 bits per heavy atom. The van der Waals surface area contributed by atoms with E-state index in [0.717, 1.165) is 16.8 Å². The van der Waals surface area contributed by atoms with Crippen molar-refractivity contribution in [1.82, 2.24) is 4.98 Å². The molecule has 0 bridgehead atoms. The second kappa shape index (κ2) is 15.6. The molecule has 46 heavy (non-hydrogen) atoms. The van der Waals surface area contributed by atoms with Crippen molar-refractivity contribution in [2.45, 2.75) is 12.5 Å². The lowest BCUT2D eigenvalue weighted by Crippen LogP contribution is -2.33. The zero-order chi connectivity index (χ0) is 32.1. The van der Waals surface area contributed by atoms with Gasteiger partial charge < -0.3 is 20.1 Å². The molecule has 8 nitrogen and oxygen atoms in total. The van der Waals surface area contributed by atoms with Crippen LogP contribution in [0.2, 0.25) is 0 Å². The Kier molecular flexibility index (Phi) is 10.7. The van der Waals surface area contributed by atoms with E-state index in [1.807, 2.05) is 60.7 Å². The van der Waals surface area contributed by atoms with Crippen LogP contribution in [0.25, 0.3) is 6.08 Å². The fraction of sp³-hybridized carbons (Fsp3) is 0.105. The van der Waals surface area contributed by atoms with Crippen LogP contribution >= 0.6 is 0 Å². The van der Waals surface area contributed by atoms with Crippen molar-refractivity contribution >= 4 is 35.1 Å². The summed E-state index contributed by atoms with van der Waals surface area (Å²) in [5.74, 6) is -0.820. The fourth-order valence-electron chi connectivity index (χ4n) is 4.86. The molecule has 1 atom stereocenters. The molecule has 5 aromatic rings. The summed E-state index contributed by atoms with van der Waals surface area (Å²) >= 11 is 0. The molecule has 0 fully saturated rings. The Morgan fingerprint density at radius 3 is 2.22 bits per heavy atom. The molecule has 0 saturated heterocycles. The van der Waals surface area contributed by atoms with Gasteiger partial charge in [-0.1, -0.05) is 78.9 Å². The number of carboxylic acid groups (broad SMARTS) is 1. The maximum absolute atomic E-state index is 13.1. The van der Waals surface area contributed by atoms with E-state index in [-0.39, 0.29) is 24.7 Å². The van der Waals surface area contributed by atoms with E-state index in [0.29, 0.717) is 29.1 Å². The Balaban J connectivity index is 1.21. The lowest BCUT2D eigenvalue weighted by atomic mass is 10.00. The monoisotopic (exact) mass is 611 g/mol. The summed E-state index contributed by atoms with van der Waals surface area (Å²) in [7, 11) is 0. The van der Waals surface area contributed by atoms with Gasteiger partial charge in [0.2, 0.25) is 0 Å². The highest BCUT2D eigenvalue weighted by atomic mass is 16.5. The third-order valence-electron chi connectivity index (χ3n) is 7.22. The predicted octanol–water partition coefficient (Wildman–Crippen LogP) is 6.55. The number of nitrogens with one attached hydrogen (secondary N) is 1. The SMILES string of the molecule is O=C(c1ccccc1)c1ccccc1N[C@@H](Cc1ccc(OCCN(C(=O)/C=C/c2cccnc2)c2ccccc2)cc1)C(=O)O. The number of amides is 1. The molecule has 0 radical (unpaired) electrons. The number of aromatic nitrogens is 1. The topological polar surface area (TPSA) is 109 Å². The van der Waals surface area contributed by atoms with Gasteiger partial charge in [-0.15, -0.1) is 0 Å². The first kappa shape index (κ1) is 31.4. The molecular weight excluding hydrogens is 578 g/mol. The van der Waals surface area contributed by atoms with E-state index in [9.17, 15) is 19.5 Å². The van der Waals surface area contributed by atoms with Gasteiger partial charge >= 0.3 is 5.97 Å². The number of rotatable bonds is 14. The van der Waals surface area contributed by atoms with Crippen molar-refractivity contribution in [3.8, 4) is 5.75 Å². The molecule has 1 heterocycles. The number of hydrogen-bond donors (Lipinski definition) is 2. The lowest BCUT2D eigenvalue weighted by Gasteiger charge is -2.22. The number of nitrogens with zero attached hydrogens (tertiary/aromatic N) is 2. The van der Waals surface area contributed by atoms with E-state index in [1.165, 1.54) is 6.08 Å². The quantitative estimate of drug-likeness (QED) is 0.108. The molecule has 8 heteroatoms. The van der Waals surface area contributed by atoms with Gasteiger partial charge in [0.1, 0.15) is 18.4 Å². The first-order valence-electron chi connectivity index (χ1n) is 14.8. The highest BCUT2D eigenvalue weighted by Gasteiger charge is 2.21. The molecule has 0 aliphatic rings. The summed E-state index contributed by atoms with van der Waals surface area (Å²) in [5.41, 5.74) is 3.74. The first-order chi connectivity index (χ1) is 22.5. The highest BCUT2D eigenvalue weighted by molar-refractivity contribution is 6.12. The molecule has 4 aromatic carbocycles. The zero-order valence-electron chi connectivity index (χ0n) is 25.0. The molecule has 0 aliphatic carbocycles. The number of aliphatic carboxylic acids is 1. The maximum atomic E-state index is 13.1. The molecule has 0 saturated carbocycles. The van der Waals surface area contributed by atoms with Crippen LogP contribution in [0.4, 0.5) is 11.4 Å². The van der Waals surface area contributed by atoms with E-state index >= 15 is 0 Å². The molecule has 0 aliphatic heterocycles. The number of carboxylic acids is 1. The standard InChI is InChI=1S/C38H33N3O5/c42-36(22-19-29-10-9-23-39-27-29)41(31-13-5-2-6-14-31)24-25-46-32-20-17-28(18-21-32)26-35(38(44)45)40-34-16-8-7-15-33(34)37(43)30-11-3-1-4-12-30/h1-23,27,35,40H,24-26H2,(H,44,45)/b22-19+/t35-/m0/s1. The maximum Gasteiger partial charge on any atom is 0.326 e. The average molecular weight is 612 g/mol. The van der Waals surface area contributed by atoms with Crippen LogP contribution in [0, 0.1) is 0 Å². The lowest BCUT2D eigenvalue weighted by molar-refractivity contribution is -0.137. The first-order valence-corrected chi connectivity index (χ1v) is 14.8. The number of hydrogen-bond acceptors (Lipinski definition) is 6. The number of anilines is 2. The molecule has 0 unspecified atom stereocenters. The van der Waals surface area contributed by atoms with Gasteiger partial charge in [0.25, 0.3) is 5.91 Å². The summed E-state index contributed by atoms with van der Waals surface area (Å²) < 4.78 is 5.96. The van der Waals surface area contributed by atoms with Crippen LogP contribution in [0.1, 0.15) is 27.0 Å². The molecule has 0 spiro atoms. The van der Waals surface area contributed by atoms with Crippen molar-refractivity contribution < 1.29 is 24.2 Å². The fourth-order valence-corrected chi connectivity index (χ4v) is 4.86. The molecule has 1 amide bonds. The average Bonchev–Trinajstić information content (AvgIpc) is 3.10. The third kappa shape index (κ3) is 8.54. The summed E-state index contributed by atoms with van der Waals surface area (Å²) in [5, 5.41) is 13.1. The molecular formula is C38H33N3O5. The number of para-hydroxylation sites is 2. The Bertz CT molecular complexity index is 1780. The van der Waals surface area contributed by atoms with E-state index in [2.05, 4.69) is 10.3 Å². The number of ether oxygens (including phenoxy) is 1. The van der Waals surface area contributed by atoms with Crippen LogP contribution < -0.4 is 15.0 Å². The largest absolute Gasteiger partial charge is 0.492 e. The van der Waals surface area contributed by atoms with Crippen molar-refractivity contribution in [3.05, 3.63) is 162 Å². The number of benzene rings is 4. The number of pyridine rings is 1. The van der Waals surface area contributed by atoms with Gasteiger partial charge in [-0.3, -0.25) is 14.6 Å². The van der Waals surface area contributed by atoms with Gasteiger partial charge in [0.15, 0.2) is 5.78 Å². The van der Waals surface area contributed by atoms with Crippen LogP contribution in [-0.2, 0) is 16.0 Å². The minimum atomic E-state index is -1.04. The second-order valence-corrected chi connectivity index (χ2v) is 10.4. The Labute approximate surface area is 267 Å². The number of ketones is 1. The van der Waals surface area contributed by atoms with E-state index in [4.69, 9.17) is 4.74 Å². The van der Waals surface area contributed by atoms with Gasteiger partial charge in [0.05, 0.1) is 6.54 Å². The number of carbonyl (C=O) groups is 3. The summed E-state index contributed by atoms with van der Waals surface area (Å²) in [4.78, 5) is 44.2. The van der Waals surface area contributed by atoms with Crippen molar-refractivity contribution in [3.63, 3.8) is 0 Å². The van der Waals surface area contributed by atoms with Crippen molar-refractivity contribution in [1.29, 1.82) is 0 Å². The minimum Gasteiger partial charge on any atom is -0.492 e. The van der Waals surface area contributed by atoms with Gasteiger partial charge in [-0.05, 0) is 59.7 Å². The minimum absolute atomic E-state index is 0.184. The second-order valence-electron chi connectivity index (χ2n) is 10.4. The van der Waals surface area contributed by atoms with Gasteiger partial charge in [-0.2, -0.15) is 0 Å². The summed E-state index contributed by atoms with van der Waals surface area (Å²) in [6.45, 7) is 0.556. The van der Waals surface area contributed by atoms with Crippen LogP contribution in [0.15, 0.2) is 140 Å². The van der Waals surface area contributed by atoms with E-state index < -0.39 is 12.0 Å². The summed E-state index contributed by atoms with van der Waals surface area (Å²) in [6.07, 6.45) is 6.79. The van der Waals surface area contributed by atoms with Crippen molar-refractivity contribution in [2.24, 2.45) is 0 Å². The molecule has 2 N–H and O–H groups in total. The third-order valence-corrected chi connectivity index (χ3v) is 7.22. The number of carbonyl (C=O) groups excluding carboxylic acids is 2. The Hall–Kier alpha value is -6.02. The van der Waals surface area contributed by atoms with Crippen LogP contribution in [0.5, 0.6) is 5.75 Å². The molecule has 230 valence electrons. The normalized spacial score (nSPS) is 11.5. The van der Waals surface area contributed by atoms with Crippen molar-refractivity contribution in [2.75, 3.05) is 23.4 Å². The summed E-state index contributed by atoms with van der Waals surface area (Å²) in [6, 6.07) is 35.1. The van der Waals surface area contributed by atoms with Gasteiger partial charge in [-0.25, -0.2) is 4.79 Å². The molecule has 1 aromatic heterocycles.